The number of rotatable bonds is 6. The Kier molecular flexibility index (Phi) is 8.45. The van der Waals surface area contributed by atoms with Gasteiger partial charge in [0.1, 0.15) is 0 Å². The molecule has 0 unspecified atom stereocenters. The molecule has 64 heavy (non-hydrogen) atoms. The monoisotopic (exact) mass is 818 g/mol. The fourth-order valence-electron chi connectivity index (χ4n) is 10.4. The largest absolute Gasteiger partial charge is 0.309 e. The second-order valence-corrected chi connectivity index (χ2v) is 17.1. The summed E-state index contributed by atoms with van der Waals surface area (Å²) in [6.45, 7) is 0. The van der Waals surface area contributed by atoms with Crippen molar-refractivity contribution in [1.82, 2.24) is 19.1 Å². The number of hydrogen-bond acceptors (Lipinski definition) is 2. The summed E-state index contributed by atoms with van der Waals surface area (Å²) in [7, 11) is 0. The zero-order valence-electron chi connectivity index (χ0n) is 35.2. The van der Waals surface area contributed by atoms with E-state index in [1.807, 2.05) is 6.07 Å². The Labute approximate surface area is 371 Å². The van der Waals surface area contributed by atoms with E-state index in [1.54, 1.807) is 0 Å². The Morgan fingerprint density at radius 3 is 2.03 bits per heavy atom. The molecule has 4 heteroatoms. The van der Waals surface area contributed by atoms with Gasteiger partial charge in [0.2, 0.25) is 0 Å². The van der Waals surface area contributed by atoms with Crippen LogP contribution in [0.1, 0.15) is 31.4 Å². The smallest absolute Gasteiger partial charge is 0.0972 e. The molecule has 3 aromatic heterocycles. The number of nitrogens with zero attached hydrogens (tertiary/aromatic N) is 4. The van der Waals surface area contributed by atoms with Crippen LogP contribution in [0.15, 0.2) is 206 Å². The normalized spacial score (nSPS) is 14.1. The fraction of sp³-hybridized carbons (Fsp3) is 0.0667. The van der Waals surface area contributed by atoms with Gasteiger partial charge >= 0.3 is 0 Å². The maximum atomic E-state index is 5.36. The third-order valence-electron chi connectivity index (χ3n) is 13.3. The van der Waals surface area contributed by atoms with Crippen LogP contribution in [-0.4, -0.2) is 19.1 Å². The van der Waals surface area contributed by atoms with Gasteiger partial charge in [0.15, 0.2) is 0 Å². The molecule has 0 saturated heterocycles. The van der Waals surface area contributed by atoms with Crippen molar-refractivity contribution in [3.05, 3.63) is 212 Å². The topological polar surface area (TPSA) is 35.6 Å². The van der Waals surface area contributed by atoms with Gasteiger partial charge in [0.25, 0.3) is 0 Å². The third kappa shape index (κ3) is 5.83. The average molecular weight is 819 g/mol. The van der Waals surface area contributed by atoms with Gasteiger partial charge in [-0.15, -0.1) is 0 Å². The highest BCUT2D eigenvalue weighted by molar-refractivity contribution is 6.22. The Morgan fingerprint density at radius 2 is 1.16 bits per heavy atom. The molecule has 2 aliphatic rings. The zero-order chi connectivity index (χ0) is 42.1. The predicted molar refractivity (Wildman–Crippen MR) is 270 cm³/mol. The van der Waals surface area contributed by atoms with Crippen molar-refractivity contribution in [1.29, 1.82) is 0 Å². The minimum absolute atomic E-state index is 0.884. The van der Waals surface area contributed by atoms with Crippen LogP contribution in [0.25, 0.3) is 116 Å². The van der Waals surface area contributed by atoms with Crippen molar-refractivity contribution in [3.8, 4) is 39.2 Å². The standard InChI is InChI=1S/C60H42N4/c1-4-17-40(18-5-1)58-59(41-19-6-2-7-20-41)62-53-37-43(31-34-52(53)61-58)42-21-14-24-46(36-42)63-55-35-32-39-16-10-11-25-47(39)57(55)51-33-30-44(38-56(51)63)48-27-15-28-50-49-26-12-13-29-54(49)64(60(48)50)45-22-8-3-9-23-45/h1,4-6,8,10-38H,2-3,7,9H2. The lowest BCUT2D eigenvalue weighted by Gasteiger charge is -2.15. The number of aromatic nitrogens is 4. The molecule has 0 fully saturated rings. The van der Waals surface area contributed by atoms with E-state index in [4.69, 9.17) is 9.97 Å². The van der Waals surface area contributed by atoms with Crippen LogP contribution in [0.5, 0.6) is 0 Å². The van der Waals surface area contributed by atoms with Crippen LogP contribution in [0.2, 0.25) is 0 Å². The quantitative estimate of drug-likeness (QED) is 0.168. The third-order valence-corrected chi connectivity index (χ3v) is 13.3. The van der Waals surface area contributed by atoms with E-state index >= 15 is 0 Å². The summed E-state index contributed by atoms with van der Waals surface area (Å²) in [5.74, 6) is 0. The van der Waals surface area contributed by atoms with Gasteiger partial charge in [-0.05, 0) is 107 Å². The van der Waals surface area contributed by atoms with Gasteiger partial charge in [-0.1, -0.05) is 158 Å². The molecule has 2 aliphatic carbocycles. The van der Waals surface area contributed by atoms with E-state index in [2.05, 4.69) is 209 Å². The van der Waals surface area contributed by atoms with E-state index in [1.165, 1.54) is 71.2 Å². The molecule has 0 amide bonds. The van der Waals surface area contributed by atoms with Crippen LogP contribution >= 0.6 is 0 Å². The van der Waals surface area contributed by atoms with Crippen molar-refractivity contribution in [2.45, 2.75) is 25.7 Å². The first-order valence-corrected chi connectivity index (χ1v) is 22.5. The van der Waals surface area contributed by atoms with Crippen molar-refractivity contribution < 1.29 is 0 Å². The molecule has 4 nitrogen and oxygen atoms in total. The molecule has 0 aliphatic heterocycles. The first kappa shape index (κ1) is 36.6. The van der Waals surface area contributed by atoms with Gasteiger partial charge in [-0.2, -0.15) is 0 Å². The SMILES string of the molecule is C1=CC(c2nc3cc(-c4cccc(-n5c6cc(-c7cccc8c9ccccc9n(C9=CCCC=C9)c78)ccc6c6c7ccccc7ccc65)c4)ccc3nc2-c2ccccc2)=CCC1. The maximum Gasteiger partial charge on any atom is 0.0972 e. The highest BCUT2D eigenvalue weighted by Gasteiger charge is 2.21. The second-order valence-electron chi connectivity index (χ2n) is 17.1. The number of allylic oxidation sites excluding steroid dienone is 8. The van der Waals surface area contributed by atoms with E-state index < -0.39 is 0 Å². The molecule has 0 spiro atoms. The van der Waals surface area contributed by atoms with Gasteiger partial charge in [-0.3, -0.25) is 0 Å². The summed E-state index contributed by atoms with van der Waals surface area (Å²) in [4.78, 5) is 10.6. The highest BCUT2D eigenvalue weighted by atomic mass is 15.0. The van der Waals surface area contributed by atoms with E-state index in [9.17, 15) is 0 Å². The number of para-hydroxylation sites is 2. The van der Waals surface area contributed by atoms with Crippen molar-refractivity contribution in [3.63, 3.8) is 0 Å². The maximum absolute atomic E-state index is 5.36. The number of hydrogen-bond donors (Lipinski definition) is 0. The summed E-state index contributed by atoms with van der Waals surface area (Å²) in [6, 6.07) is 62.0. The van der Waals surface area contributed by atoms with Crippen molar-refractivity contribution in [2.24, 2.45) is 0 Å². The molecule has 0 N–H and O–H groups in total. The van der Waals surface area contributed by atoms with Crippen LogP contribution in [0.4, 0.5) is 0 Å². The van der Waals surface area contributed by atoms with E-state index in [-0.39, 0.29) is 0 Å². The molecular formula is C60H42N4. The molecule has 3 heterocycles. The van der Waals surface area contributed by atoms with Crippen LogP contribution in [0.3, 0.4) is 0 Å². The highest BCUT2D eigenvalue weighted by Crippen LogP contribution is 2.43. The fourth-order valence-corrected chi connectivity index (χ4v) is 10.4. The number of fused-ring (bicyclic) bond motifs is 9. The molecule has 302 valence electrons. The minimum Gasteiger partial charge on any atom is -0.309 e. The summed E-state index contributed by atoms with van der Waals surface area (Å²) >= 11 is 0. The van der Waals surface area contributed by atoms with E-state index in [0.29, 0.717) is 0 Å². The van der Waals surface area contributed by atoms with Crippen LogP contribution in [0, 0.1) is 0 Å². The Balaban J connectivity index is 1.01. The molecule has 11 aromatic rings. The summed E-state index contributed by atoms with van der Waals surface area (Å²) in [6.07, 6.45) is 17.9. The summed E-state index contributed by atoms with van der Waals surface area (Å²) in [5, 5.41) is 7.54. The lowest BCUT2D eigenvalue weighted by Crippen LogP contribution is -1.99. The Bertz CT molecular complexity index is 3840. The zero-order valence-corrected chi connectivity index (χ0v) is 35.2. The average Bonchev–Trinajstić information content (AvgIpc) is 3.90. The number of benzene rings is 8. The summed E-state index contributed by atoms with van der Waals surface area (Å²) in [5.41, 5.74) is 17.6. The summed E-state index contributed by atoms with van der Waals surface area (Å²) < 4.78 is 4.95. The van der Waals surface area contributed by atoms with Gasteiger partial charge in [0, 0.05) is 44.1 Å². The molecule has 0 radical (unpaired) electrons. The molecule has 0 atom stereocenters. The van der Waals surface area contributed by atoms with Crippen LogP contribution < -0.4 is 0 Å². The van der Waals surface area contributed by atoms with Crippen molar-refractivity contribution in [2.75, 3.05) is 0 Å². The van der Waals surface area contributed by atoms with Crippen molar-refractivity contribution >= 4 is 76.7 Å². The Hall–Kier alpha value is -8.08. The lowest BCUT2D eigenvalue weighted by molar-refractivity contribution is 1.02. The van der Waals surface area contributed by atoms with Gasteiger partial charge < -0.3 is 9.13 Å². The predicted octanol–water partition coefficient (Wildman–Crippen LogP) is 15.9. The molecule has 13 rings (SSSR count). The molecular weight excluding hydrogens is 777 g/mol. The Morgan fingerprint density at radius 1 is 0.406 bits per heavy atom. The van der Waals surface area contributed by atoms with E-state index in [0.717, 1.165) is 76.1 Å². The molecule has 0 bridgehead atoms. The molecule has 0 saturated carbocycles. The van der Waals surface area contributed by atoms with Gasteiger partial charge in [0.05, 0.1) is 44.5 Å². The first-order valence-electron chi connectivity index (χ1n) is 22.5. The lowest BCUT2D eigenvalue weighted by atomic mass is 9.98. The van der Waals surface area contributed by atoms with Gasteiger partial charge in [-0.25, -0.2) is 9.97 Å². The minimum atomic E-state index is 0.884. The first-order chi connectivity index (χ1) is 31.7. The molecule has 8 aromatic carbocycles. The van der Waals surface area contributed by atoms with Crippen LogP contribution in [-0.2, 0) is 0 Å². The second kappa shape index (κ2) is 14.8.